The molecule has 2 aromatic heterocycles. The van der Waals surface area contributed by atoms with E-state index >= 15 is 0 Å². The summed E-state index contributed by atoms with van der Waals surface area (Å²) in [7, 11) is 0. The molecule has 2 heterocycles. The van der Waals surface area contributed by atoms with Crippen molar-refractivity contribution in [3.63, 3.8) is 0 Å². The highest BCUT2D eigenvalue weighted by molar-refractivity contribution is 9.11. The molecule has 0 bridgehead atoms. The summed E-state index contributed by atoms with van der Waals surface area (Å²) >= 11 is 3.32. The number of imidazole rings is 1. The number of carbonyl (C=O) groups excluding carboxylic acids is 3. The van der Waals surface area contributed by atoms with Crippen LogP contribution in [0.25, 0.3) is 0 Å². The van der Waals surface area contributed by atoms with Gasteiger partial charge in [-0.15, -0.1) is 10.00 Å². The van der Waals surface area contributed by atoms with Crippen LogP contribution in [0.1, 0.15) is 99.9 Å². The van der Waals surface area contributed by atoms with E-state index in [4.69, 9.17) is 14.2 Å². The fraction of sp³-hybridized carbons (Fsp3) is 0.655. The first-order valence-corrected chi connectivity index (χ1v) is 14.9. The fourth-order valence-electron chi connectivity index (χ4n) is 3.60. The lowest BCUT2D eigenvalue weighted by Crippen LogP contribution is -2.45. The van der Waals surface area contributed by atoms with Gasteiger partial charge in [0, 0.05) is 12.4 Å². The molecular weight excluding hydrogens is 608 g/mol. The van der Waals surface area contributed by atoms with Gasteiger partial charge in [0.1, 0.15) is 16.8 Å². The molecule has 13 heteroatoms. The summed E-state index contributed by atoms with van der Waals surface area (Å²) < 4.78 is 19.4. The average molecular weight is 654 g/mol. The Morgan fingerprint density at radius 1 is 0.833 bits per heavy atom. The molecule has 42 heavy (non-hydrogen) atoms. The van der Waals surface area contributed by atoms with Crippen LogP contribution in [-0.4, -0.2) is 59.6 Å². The van der Waals surface area contributed by atoms with Crippen LogP contribution in [0.3, 0.4) is 0 Å². The summed E-state index contributed by atoms with van der Waals surface area (Å²) in [5, 5.41) is 8.40. The van der Waals surface area contributed by atoms with E-state index < -0.39 is 35.1 Å². The van der Waals surface area contributed by atoms with Gasteiger partial charge in [-0.25, -0.2) is 28.6 Å². The third-order valence-corrected chi connectivity index (χ3v) is 6.01. The SMILES string of the molecule is C/C(=C\Br)Cn1cc(CCCCCc2cn(C(=O)OC(C)(C)C)c(N(C(=O)OC(C)(C)C)C(=O)OC(C)(C)C)n2)nn1. The van der Waals surface area contributed by atoms with E-state index in [2.05, 4.69) is 31.2 Å². The molecule has 0 aliphatic heterocycles. The summed E-state index contributed by atoms with van der Waals surface area (Å²) in [4.78, 5) is 46.7. The molecule has 2 amide bonds. The zero-order chi connectivity index (χ0) is 31.9. The van der Waals surface area contributed by atoms with Crippen molar-refractivity contribution < 1.29 is 28.6 Å². The van der Waals surface area contributed by atoms with Crippen molar-refractivity contribution in [3.8, 4) is 0 Å². The Labute approximate surface area is 256 Å². The van der Waals surface area contributed by atoms with Gasteiger partial charge in [0.25, 0.3) is 0 Å². The van der Waals surface area contributed by atoms with Gasteiger partial charge in [0.15, 0.2) is 0 Å². The molecule has 0 radical (unpaired) electrons. The molecule has 0 fully saturated rings. The van der Waals surface area contributed by atoms with Crippen molar-refractivity contribution in [2.24, 2.45) is 0 Å². The van der Waals surface area contributed by atoms with Crippen LogP contribution >= 0.6 is 15.9 Å². The van der Waals surface area contributed by atoms with Gasteiger partial charge in [-0.1, -0.05) is 27.6 Å². The van der Waals surface area contributed by atoms with E-state index in [-0.39, 0.29) is 5.95 Å². The molecule has 0 aliphatic rings. The molecule has 0 aliphatic carbocycles. The minimum absolute atomic E-state index is 0.257. The smallest absolute Gasteiger partial charge is 0.427 e. The fourth-order valence-corrected chi connectivity index (χ4v) is 3.75. The van der Waals surface area contributed by atoms with Gasteiger partial charge in [-0.2, -0.15) is 0 Å². The van der Waals surface area contributed by atoms with Crippen molar-refractivity contribution in [2.45, 2.75) is 125 Å². The third kappa shape index (κ3) is 11.9. The second-order valence-corrected chi connectivity index (χ2v) is 13.6. The Balaban J connectivity index is 2.25. The highest BCUT2D eigenvalue weighted by atomic mass is 79.9. The monoisotopic (exact) mass is 652 g/mol. The standard InChI is InChI=1S/C29H45BrN6O6/c1-20(16-30)17-34-18-22(32-33-34)15-13-11-12-14-21-19-35(24(37)40-27(2,3)4)23(31-21)36(25(38)41-28(5,6)7)26(39)42-29(8,9)10/h16,18-19H,11-15,17H2,1-10H3/b20-16+. The van der Waals surface area contributed by atoms with E-state index in [0.29, 0.717) is 23.6 Å². The Bertz CT molecular complexity index is 1230. The second-order valence-electron chi connectivity index (χ2n) is 13.1. The largest absolute Gasteiger partial charge is 0.443 e. The van der Waals surface area contributed by atoms with Crippen molar-refractivity contribution in [1.29, 1.82) is 0 Å². The molecule has 0 saturated heterocycles. The summed E-state index contributed by atoms with van der Waals surface area (Å²) in [6.07, 6.45) is 4.37. The molecule has 0 N–H and O–H groups in total. The first-order chi connectivity index (χ1) is 19.3. The molecule has 0 saturated carbocycles. The maximum Gasteiger partial charge on any atom is 0.427 e. The summed E-state index contributed by atoms with van der Waals surface area (Å²) in [5.74, 6) is -0.257. The van der Waals surface area contributed by atoms with Gasteiger partial charge in [-0.3, -0.25) is 0 Å². The van der Waals surface area contributed by atoms with Crippen LogP contribution in [0, 0.1) is 0 Å². The zero-order valence-corrected chi connectivity index (χ0v) is 28.1. The Morgan fingerprint density at radius 2 is 1.36 bits per heavy atom. The molecule has 12 nitrogen and oxygen atoms in total. The number of aromatic nitrogens is 5. The third-order valence-electron chi connectivity index (χ3n) is 5.23. The van der Waals surface area contributed by atoms with Crippen LogP contribution < -0.4 is 4.90 Å². The molecular formula is C29H45BrN6O6. The number of aryl methyl sites for hydroxylation is 2. The number of anilines is 1. The molecule has 234 valence electrons. The lowest BCUT2D eigenvalue weighted by atomic mass is 10.1. The normalized spacial score (nSPS) is 12.7. The number of ether oxygens (including phenoxy) is 3. The van der Waals surface area contributed by atoms with E-state index in [1.54, 1.807) is 67.0 Å². The van der Waals surface area contributed by atoms with Crippen molar-refractivity contribution in [2.75, 3.05) is 4.90 Å². The molecule has 0 aromatic carbocycles. The van der Waals surface area contributed by atoms with Crippen LogP contribution in [-0.2, 0) is 33.6 Å². The van der Waals surface area contributed by atoms with Crippen LogP contribution in [0.5, 0.6) is 0 Å². The van der Waals surface area contributed by atoms with Gasteiger partial charge >= 0.3 is 18.3 Å². The number of nitrogens with zero attached hydrogens (tertiary/aromatic N) is 6. The number of halogens is 1. The van der Waals surface area contributed by atoms with E-state index in [1.807, 2.05) is 18.1 Å². The Hall–Kier alpha value is -3.22. The maximum atomic E-state index is 13.2. The number of imide groups is 1. The minimum atomic E-state index is -1.02. The van der Waals surface area contributed by atoms with Crippen molar-refractivity contribution >= 4 is 40.2 Å². The maximum absolute atomic E-state index is 13.2. The van der Waals surface area contributed by atoms with Crippen molar-refractivity contribution in [3.05, 3.63) is 34.3 Å². The quantitative estimate of drug-likeness (QED) is 0.204. The molecule has 0 atom stereocenters. The summed E-state index contributed by atoms with van der Waals surface area (Å²) in [5.41, 5.74) is -0.105. The number of carbonyl (C=O) groups is 3. The first kappa shape index (κ1) is 35.0. The molecule has 2 rings (SSSR count). The Morgan fingerprint density at radius 3 is 1.86 bits per heavy atom. The van der Waals surface area contributed by atoms with Crippen LogP contribution in [0.4, 0.5) is 20.3 Å². The number of allylic oxidation sites excluding steroid dienone is 1. The average Bonchev–Trinajstić information content (AvgIpc) is 3.42. The summed E-state index contributed by atoms with van der Waals surface area (Å²) in [6, 6.07) is 0. The van der Waals surface area contributed by atoms with E-state index in [9.17, 15) is 14.4 Å². The Kier molecular flexibility index (Phi) is 11.9. The van der Waals surface area contributed by atoms with Gasteiger partial charge in [0.2, 0.25) is 5.95 Å². The number of unbranched alkanes of at least 4 members (excludes halogenated alkanes) is 2. The van der Waals surface area contributed by atoms with Gasteiger partial charge in [0.05, 0.1) is 17.9 Å². The molecule has 0 unspecified atom stereocenters. The second kappa shape index (κ2) is 14.3. The highest BCUT2D eigenvalue weighted by Gasteiger charge is 2.37. The lowest BCUT2D eigenvalue weighted by molar-refractivity contribution is 0.0423. The number of hydrogen-bond donors (Lipinski definition) is 0. The minimum Gasteiger partial charge on any atom is -0.443 e. The predicted molar refractivity (Wildman–Crippen MR) is 163 cm³/mol. The van der Waals surface area contributed by atoms with E-state index in [1.165, 1.54) is 6.20 Å². The molecule has 0 spiro atoms. The molecule has 2 aromatic rings. The number of rotatable bonds is 9. The van der Waals surface area contributed by atoms with Crippen LogP contribution in [0.2, 0.25) is 0 Å². The summed E-state index contributed by atoms with van der Waals surface area (Å²) in [6.45, 7) is 17.9. The highest BCUT2D eigenvalue weighted by Crippen LogP contribution is 2.24. The lowest BCUT2D eigenvalue weighted by Gasteiger charge is -2.28. The van der Waals surface area contributed by atoms with Gasteiger partial charge < -0.3 is 14.2 Å². The predicted octanol–water partition coefficient (Wildman–Crippen LogP) is 7.19. The van der Waals surface area contributed by atoms with Crippen LogP contribution in [0.15, 0.2) is 23.0 Å². The van der Waals surface area contributed by atoms with E-state index in [0.717, 1.165) is 41.5 Å². The first-order valence-electron chi connectivity index (χ1n) is 14.0. The topological polar surface area (TPSA) is 131 Å². The number of hydrogen-bond acceptors (Lipinski definition) is 9. The van der Waals surface area contributed by atoms with Gasteiger partial charge in [-0.05, 0) is 105 Å². The van der Waals surface area contributed by atoms with Crippen molar-refractivity contribution in [1.82, 2.24) is 24.5 Å². The zero-order valence-electron chi connectivity index (χ0n) is 26.5. The number of amides is 2.